The topological polar surface area (TPSA) is 70.6 Å². The van der Waals surface area contributed by atoms with Crippen molar-refractivity contribution in [2.24, 2.45) is 0 Å². The Hall–Kier alpha value is -1.60. The van der Waals surface area contributed by atoms with Crippen LogP contribution >= 0.6 is 11.6 Å². The highest BCUT2D eigenvalue weighted by molar-refractivity contribution is 6.32. The van der Waals surface area contributed by atoms with E-state index in [4.69, 9.17) is 11.6 Å². The summed E-state index contributed by atoms with van der Waals surface area (Å²) < 4.78 is 28.7. The van der Waals surface area contributed by atoms with Gasteiger partial charge in [0, 0.05) is 18.3 Å². The smallest absolute Gasteiger partial charge is 0.387 e. The van der Waals surface area contributed by atoms with E-state index in [1.54, 1.807) is 0 Å². The first-order valence-electron chi connectivity index (χ1n) is 6.81. The Morgan fingerprint density at radius 3 is 2.59 bits per heavy atom. The third-order valence-corrected chi connectivity index (χ3v) is 3.61. The number of aliphatic hydroxyl groups is 1. The van der Waals surface area contributed by atoms with Crippen molar-refractivity contribution < 1.29 is 23.4 Å². The van der Waals surface area contributed by atoms with Gasteiger partial charge in [-0.3, -0.25) is 0 Å². The molecule has 0 atom stereocenters. The largest absolute Gasteiger partial charge is 0.433 e. The van der Waals surface area contributed by atoms with Crippen LogP contribution in [0.1, 0.15) is 26.7 Å². The maximum Gasteiger partial charge on any atom is 0.387 e. The highest BCUT2D eigenvalue weighted by atomic mass is 35.5. The zero-order valence-electron chi connectivity index (χ0n) is 12.3. The molecule has 0 heterocycles. The molecule has 0 fully saturated rings. The number of amides is 2. The summed E-state index contributed by atoms with van der Waals surface area (Å²) in [5.74, 6) is -0.229. The van der Waals surface area contributed by atoms with Gasteiger partial charge < -0.3 is 20.5 Å². The van der Waals surface area contributed by atoms with Crippen LogP contribution in [0.4, 0.5) is 19.3 Å². The molecule has 0 saturated heterocycles. The zero-order valence-corrected chi connectivity index (χ0v) is 13.1. The average molecular weight is 337 g/mol. The van der Waals surface area contributed by atoms with Crippen LogP contribution in [0.15, 0.2) is 18.2 Å². The van der Waals surface area contributed by atoms with Gasteiger partial charge in [0.25, 0.3) is 0 Å². The van der Waals surface area contributed by atoms with Crippen LogP contribution in [0.25, 0.3) is 0 Å². The minimum absolute atomic E-state index is 0.0117. The molecule has 0 aliphatic rings. The van der Waals surface area contributed by atoms with Gasteiger partial charge in [0.05, 0.1) is 10.6 Å². The monoisotopic (exact) mass is 336 g/mol. The number of alkyl halides is 2. The molecule has 8 heteroatoms. The Bertz CT molecular complexity index is 511. The molecule has 2 amide bonds. The van der Waals surface area contributed by atoms with E-state index in [0.717, 1.165) is 0 Å². The summed E-state index contributed by atoms with van der Waals surface area (Å²) >= 11 is 5.72. The van der Waals surface area contributed by atoms with Crippen molar-refractivity contribution in [2.45, 2.75) is 38.9 Å². The van der Waals surface area contributed by atoms with Crippen LogP contribution in [0.2, 0.25) is 5.02 Å². The van der Waals surface area contributed by atoms with Crippen molar-refractivity contribution in [3.63, 3.8) is 0 Å². The summed E-state index contributed by atoms with van der Waals surface area (Å²) in [6, 6.07) is 3.42. The Balaban J connectivity index is 2.65. The maximum atomic E-state index is 12.2. The second-order valence-corrected chi connectivity index (χ2v) is 5.17. The predicted octanol–water partition coefficient (Wildman–Crippen LogP) is 3.61. The molecule has 0 aromatic heterocycles. The van der Waals surface area contributed by atoms with E-state index in [2.05, 4.69) is 15.4 Å². The van der Waals surface area contributed by atoms with E-state index in [-0.39, 0.29) is 23.0 Å². The predicted molar refractivity (Wildman–Crippen MR) is 80.6 cm³/mol. The minimum Gasteiger partial charge on any atom is -0.433 e. The number of urea groups is 1. The van der Waals surface area contributed by atoms with Gasteiger partial charge in [-0.25, -0.2) is 4.79 Å². The number of carbonyl (C=O) groups excluding carboxylic acids is 1. The Kier molecular flexibility index (Phi) is 6.83. The number of halogens is 3. The normalized spacial score (nSPS) is 11.4. The number of rotatable bonds is 7. The molecule has 5 nitrogen and oxygen atoms in total. The van der Waals surface area contributed by atoms with Gasteiger partial charge in [0.15, 0.2) is 0 Å². The van der Waals surface area contributed by atoms with Gasteiger partial charge in [-0.15, -0.1) is 0 Å². The molecule has 0 unspecified atom stereocenters. The Morgan fingerprint density at radius 1 is 1.41 bits per heavy atom. The van der Waals surface area contributed by atoms with Crippen molar-refractivity contribution in [3.8, 4) is 5.75 Å². The van der Waals surface area contributed by atoms with E-state index in [9.17, 15) is 18.7 Å². The lowest BCUT2D eigenvalue weighted by Crippen LogP contribution is -2.43. The van der Waals surface area contributed by atoms with Crippen LogP contribution in [0, 0.1) is 0 Å². The van der Waals surface area contributed by atoms with Crippen molar-refractivity contribution in [1.29, 1.82) is 0 Å². The lowest BCUT2D eigenvalue weighted by atomic mass is 9.98. The van der Waals surface area contributed by atoms with Crippen LogP contribution in [-0.2, 0) is 0 Å². The third kappa shape index (κ3) is 5.65. The fourth-order valence-electron chi connectivity index (χ4n) is 1.69. The van der Waals surface area contributed by atoms with Crippen LogP contribution in [-0.4, -0.2) is 29.9 Å². The number of anilines is 1. The molecule has 0 aliphatic carbocycles. The highest BCUT2D eigenvalue weighted by Crippen LogP contribution is 2.29. The van der Waals surface area contributed by atoms with Gasteiger partial charge in [-0.1, -0.05) is 25.4 Å². The second kappa shape index (κ2) is 8.14. The van der Waals surface area contributed by atoms with E-state index >= 15 is 0 Å². The second-order valence-electron chi connectivity index (χ2n) is 4.76. The quantitative estimate of drug-likeness (QED) is 0.712. The fourth-order valence-corrected chi connectivity index (χ4v) is 1.85. The van der Waals surface area contributed by atoms with Crippen LogP contribution in [0.3, 0.4) is 0 Å². The van der Waals surface area contributed by atoms with E-state index in [1.165, 1.54) is 18.2 Å². The maximum absolute atomic E-state index is 12.2. The SMILES string of the molecule is CCC(O)(CC)CNC(=O)Nc1ccc(Cl)c(OC(F)F)c1. The van der Waals surface area contributed by atoms with Gasteiger partial charge in [-0.05, 0) is 25.0 Å². The van der Waals surface area contributed by atoms with Crippen molar-refractivity contribution >= 4 is 23.3 Å². The molecule has 0 spiro atoms. The molecule has 3 N–H and O–H groups in total. The highest BCUT2D eigenvalue weighted by Gasteiger charge is 2.22. The van der Waals surface area contributed by atoms with Crippen molar-refractivity contribution in [1.82, 2.24) is 5.32 Å². The van der Waals surface area contributed by atoms with Crippen molar-refractivity contribution in [2.75, 3.05) is 11.9 Å². The number of carbonyl (C=O) groups is 1. The summed E-state index contributed by atoms with van der Waals surface area (Å²) in [6.45, 7) is 0.706. The molecule has 1 aromatic carbocycles. The summed E-state index contributed by atoms with van der Waals surface area (Å²) in [4.78, 5) is 11.8. The molecule has 1 aromatic rings. The molecule has 0 saturated carbocycles. The lowest BCUT2D eigenvalue weighted by Gasteiger charge is -2.25. The van der Waals surface area contributed by atoms with Crippen molar-refractivity contribution in [3.05, 3.63) is 23.2 Å². The first kappa shape index (κ1) is 18.4. The molecule has 0 bridgehead atoms. The van der Waals surface area contributed by atoms with Crippen LogP contribution in [0.5, 0.6) is 5.75 Å². The van der Waals surface area contributed by atoms with E-state index in [0.29, 0.717) is 12.8 Å². The van der Waals surface area contributed by atoms with Crippen LogP contribution < -0.4 is 15.4 Å². The van der Waals surface area contributed by atoms with Gasteiger partial charge in [0.1, 0.15) is 5.75 Å². The number of hydrogen-bond donors (Lipinski definition) is 3. The Labute approximate surface area is 132 Å². The van der Waals surface area contributed by atoms with E-state index in [1.807, 2.05) is 13.8 Å². The number of benzene rings is 1. The number of hydrogen-bond acceptors (Lipinski definition) is 3. The number of ether oxygens (including phenoxy) is 1. The van der Waals surface area contributed by atoms with Gasteiger partial charge >= 0.3 is 12.6 Å². The average Bonchev–Trinajstić information content (AvgIpc) is 2.48. The molecule has 0 radical (unpaired) electrons. The fraction of sp³-hybridized carbons (Fsp3) is 0.500. The molecule has 22 heavy (non-hydrogen) atoms. The summed E-state index contributed by atoms with van der Waals surface area (Å²) in [5, 5.41) is 15.1. The molecule has 124 valence electrons. The van der Waals surface area contributed by atoms with Gasteiger partial charge in [0.2, 0.25) is 0 Å². The number of nitrogens with one attached hydrogen (secondary N) is 2. The first-order chi connectivity index (χ1) is 10.3. The third-order valence-electron chi connectivity index (χ3n) is 3.30. The molecular weight excluding hydrogens is 318 g/mol. The van der Waals surface area contributed by atoms with E-state index < -0.39 is 18.2 Å². The zero-order chi connectivity index (χ0) is 16.8. The summed E-state index contributed by atoms with van der Waals surface area (Å²) in [6.07, 6.45) is 0.994. The standard InChI is InChI=1S/C14H19ClF2N2O3/c1-3-14(21,4-2)8-18-13(20)19-9-5-6-10(15)11(7-9)22-12(16)17/h5-7,12,21H,3-4,8H2,1-2H3,(H2,18,19,20). The lowest BCUT2D eigenvalue weighted by molar-refractivity contribution is -0.0497. The first-order valence-corrected chi connectivity index (χ1v) is 7.19. The molecule has 0 aliphatic heterocycles. The van der Waals surface area contributed by atoms with Gasteiger partial charge in [-0.2, -0.15) is 8.78 Å². The summed E-state index contributed by atoms with van der Waals surface area (Å²) in [7, 11) is 0. The molecule has 1 rings (SSSR count). The molecular formula is C14H19ClF2N2O3. The Morgan fingerprint density at radius 2 is 2.05 bits per heavy atom. The summed E-state index contributed by atoms with van der Waals surface area (Å²) in [5.41, 5.74) is -0.726. The minimum atomic E-state index is -3.01.